The second-order valence-electron chi connectivity index (χ2n) is 16.1. The van der Waals surface area contributed by atoms with Crippen LogP contribution >= 0.6 is 0 Å². The molecule has 0 amide bonds. The zero-order valence-corrected chi connectivity index (χ0v) is 34.4. The minimum atomic E-state index is 0.908. The Morgan fingerprint density at radius 2 is 0.730 bits per heavy atom. The number of rotatable bonds is 8. The van der Waals surface area contributed by atoms with E-state index in [1.807, 2.05) is 12.1 Å². The average Bonchev–Trinajstić information content (AvgIpc) is 3.91. The first-order valence-electron chi connectivity index (χ1n) is 21.5. The average molecular weight is 805 g/mol. The number of aromatic nitrogens is 1. The summed E-state index contributed by atoms with van der Waals surface area (Å²) in [4.78, 5) is 2.35. The van der Waals surface area contributed by atoms with Gasteiger partial charge in [-0.1, -0.05) is 164 Å². The van der Waals surface area contributed by atoms with Crippen molar-refractivity contribution in [2.24, 2.45) is 0 Å². The Morgan fingerprint density at radius 3 is 1.35 bits per heavy atom. The van der Waals surface area contributed by atoms with Crippen LogP contribution in [0.25, 0.3) is 93.9 Å². The molecule has 0 saturated carbocycles. The van der Waals surface area contributed by atoms with Gasteiger partial charge in [-0.2, -0.15) is 0 Å². The largest absolute Gasteiger partial charge is 0.456 e. The second-order valence-corrected chi connectivity index (χ2v) is 16.1. The maximum Gasteiger partial charge on any atom is 0.136 e. The van der Waals surface area contributed by atoms with Gasteiger partial charge in [0.2, 0.25) is 0 Å². The molecular formula is C60H40N2O. The molecule has 0 aliphatic heterocycles. The second kappa shape index (κ2) is 15.3. The van der Waals surface area contributed by atoms with Crippen LogP contribution in [0.15, 0.2) is 247 Å². The van der Waals surface area contributed by atoms with Crippen LogP contribution in [0.3, 0.4) is 0 Å². The fourth-order valence-electron chi connectivity index (χ4n) is 9.37. The van der Waals surface area contributed by atoms with Crippen LogP contribution in [0, 0.1) is 0 Å². The van der Waals surface area contributed by atoms with E-state index < -0.39 is 0 Å². The van der Waals surface area contributed by atoms with E-state index >= 15 is 0 Å². The number of para-hydroxylation sites is 3. The Kier molecular flexibility index (Phi) is 8.83. The Hall–Kier alpha value is -8.40. The molecule has 12 aromatic rings. The molecule has 0 atom stereocenters. The van der Waals surface area contributed by atoms with Crippen LogP contribution in [0.5, 0.6) is 0 Å². The van der Waals surface area contributed by atoms with Gasteiger partial charge in [-0.15, -0.1) is 0 Å². The van der Waals surface area contributed by atoms with Gasteiger partial charge in [0.15, 0.2) is 0 Å². The molecular weight excluding hydrogens is 765 g/mol. The van der Waals surface area contributed by atoms with Gasteiger partial charge in [0.05, 0.1) is 11.0 Å². The lowest BCUT2D eigenvalue weighted by atomic mass is 9.97. The first-order chi connectivity index (χ1) is 31.2. The Labute approximate surface area is 366 Å². The number of hydrogen-bond donors (Lipinski definition) is 0. The van der Waals surface area contributed by atoms with Gasteiger partial charge in [0.25, 0.3) is 0 Å². The maximum absolute atomic E-state index is 6.20. The summed E-state index contributed by atoms with van der Waals surface area (Å²) in [6, 6.07) is 87.1. The van der Waals surface area contributed by atoms with Gasteiger partial charge in [0, 0.05) is 44.3 Å². The molecule has 0 saturated heterocycles. The van der Waals surface area contributed by atoms with E-state index in [1.54, 1.807) is 0 Å². The molecule has 0 unspecified atom stereocenters. The summed E-state index contributed by atoms with van der Waals surface area (Å²) >= 11 is 0. The summed E-state index contributed by atoms with van der Waals surface area (Å²) in [7, 11) is 0. The Balaban J connectivity index is 0.902. The molecule has 0 aliphatic rings. The molecule has 2 heterocycles. The van der Waals surface area contributed by atoms with Crippen molar-refractivity contribution in [3.8, 4) is 50.2 Å². The fraction of sp³-hybridized carbons (Fsp3) is 0. The van der Waals surface area contributed by atoms with Crippen molar-refractivity contribution in [1.29, 1.82) is 0 Å². The molecule has 63 heavy (non-hydrogen) atoms. The molecule has 0 N–H and O–H groups in total. The molecule has 10 aromatic carbocycles. The highest BCUT2D eigenvalue weighted by atomic mass is 16.3. The van der Waals surface area contributed by atoms with E-state index in [4.69, 9.17) is 4.42 Å². The third-order valence-corrected chi connectivity index (χ3v) is 12.4. The van der Waals surface area contributed by atoms with E-state index in [2.05, 4.69) is 240 Å². The molecule has 2 aromatic heterocycles. The summed E-state index contributed by atoms with van der Waals surface area (Å²) in [5.41, 5.74) is 18.0. The predicted molar refractivity (Wildman–Crippen MR) is 264 cm³/mol. The molecule has 0 fully saturated rings. The highest BCUT2D eigenvalue weighted by molar-refractivity contribution is 6.12. The lowest BCUT2D eigenvalue weighted by Gasteiger charge is -2.26. The van der Waals surface area contributed by atoms with Crippen LogP contribution in [-0.4, -0.2) is 4.57 Å². The molecule has 296 valence electrons. The van der Waals surface area contributed by atoms with Crippen molar-refractivity contribution in [2.75, 3.05) is 4.90 Å². The lowest BCUT2D eigenvalue weighted by molar-refractivity contribution is 0.669. The molecule has 0 bridgehead atoms. The first-order valence-corrected chi connectivity index (χ1v) is 21.5. The SMILES string of the molecule is c1ccc(-c2cccc(-c3ccc(N(c4ccc(-c5ccc(-c6cccc7oc8ccccc8c67)cc5)cc4)c4ccc(-n5c6ccccc6c6ccccc65)cc4)cc3)c2)cc1. The smallest absolute Gasteiger partial charge is 0.136 e. The van der Waals surface area contributed by atoms with E-state index in [-0.39, 0.29) is 0 Å². The van der Waals surface area contributed by atoms with Gasteiger partial charge in [-0.05, 0) is 123 Å². The third kappa shape index (κ3) is 6.46. The summed E-state index contributed by atoms with van der Waals surface area (Å²) < 4.78 is 8.57. The number of benzene rings is 10. The number of nitrogens with zero attached hydrogens (tertiary/aromatic N) is 2. The highest BCUT2D eigenvalue weighted by Gasteiger charge is 2.17. The van der Waals surface area contributed by atoms with Crippen molar-refractivity contribution in [3.05, 3.63) is 243 Å². The predicted octanol–water partition coefficient (Wildman–Crippen LogP) is 16.8. The minimum absolute atomic E-state index is 0.908. The van der Waals surface area contributed by atoms with Crippen LogP contribution in [0.2, 0.25) is 0 Å². The van der Waals surface area contributed by atoms with Gasteiger partial charge >= 0.3 is 0 Å². The van der Waals surface area contributed by atoms with Crippen molar-refractivity contribution in [3.63, 3.8) is 0 Å². The van der Waals surface area contributed by atoms with Crippen molar-refractivity contribution >= 4 is 60.8 Å². The topological polar surface area (TPSA) is 21.3 Å². The number of anilines is 3. The standard InChI is InChI=1S/C60H40N2O/c1-2-12-41(13-3-1)46-14-10-15-47(40-46)44-30-34-49(35-31-44)61(50-36-38-51(39-37-50)62-56-20-7-4-16-53(56)54-17-5-8-21-57(54)62)48-32-28-43(29-33-48)42-24-26-45(27-25-42)52-19-11-23-59-60(52)55-18-6-9-22-58(55)63-59/h1-40H. The highest BCUT2D eigenvalue weighted by Crippen LogP contribution is 2.40. The van der Waals surface area contributed by atoms with E-state index in [0.717, 1.165) is 50.3 Å². The summed E-state index contributed by atoms with van der Waals surface area (Å²) in [5, 5.41) is 4.81. The molecule has 0 aliphatic carbocycles. The first kappa shape index (κ1) is 36.5. The summed E-state index contributed by atoms with van der Waals surface area (Å²) in [5.74, 6) is 0. The van der Waals surface area contributed by atoms with E-state index in [0.29, 0.717) is 0 Å². The molecule has 12 rings (SSSR count). The summed E-state index contributed by atoms with van der Waals surface area (Å²) in [6.45, 7) is 0. The van der Waals surface area contributed by atoms with Crippen molar-refractivity contribution in [1.82, 2.24) is 4.57 Å². The minimum Gasteiger partial charge on any atom is -0.456 e. The monoisotopic (exact) mass is 804 g/mol. The molecule has 3 nitrogen and oxygen atoms in total. The van der Waals surface area contributed by atoms with Gasteiger partial charge < -0.3 is 13.9 Å². The number of hydrogen-bond acceptors (Lipinski definition) is 2. The zero-order chi connectivity index (χ0) is 41.7. The van der Waals surface area contributed by atoms with E-state index in [9.17, 15) is 0 Å². The van der Waals surface area contributed by atoms with Crippen LogP contribution in [-0.2, 0) is 0 Å². The lowest BCUT2D eigenvalue weighted by Crippen LogP contribution is -2.10. The number of fused-ring (bicyclic) bond motifs is 6. The van der Waals surface area contributed by atoms with Gasteiger partial charge in [-0.25, -0.2) is 0 Å². The molecule has 0 radical (unpaired) electrons. The normalized spacial score (nSPS) is 11.5. The molecule has 3 heteroatoms. The van der Waals surface area contributed by atoms with Crippen LogP contribution in [0.4, 0.5) is 17.1 Å². The van der Waals surface area contributed by atoms with Crippen molar-refractivity contribution < 1.29 is 4.42 Å². The summed E-state index contributed by atoms with van der Waals surface area (Å²) in [6.07, 6.45) is 0. The van der Waals surface area contributed by atoms with Gasteiger partial charge in [-0.3, -0.25) is 0 Å². The van der Waals surface area contributed by atoms with E-state index in [1.165, 1.54) is 60.8 Å². The van der Waals surface area contributed by atoms with Crippen LogP contribution in [0.1, 0.15) is 0 Å². The number of furan rings is 1. The maximum atomic E-state index is 6.20. The quantitative estimate of drug-likeness (QED) is 0.153. The Bertz CT molecular complexity index is 3530. The Morgan fingerprint density at radius 1 is 0.302 bits per heavy atom. The third-order valence-electron chi connectivity index (χ3n) is 12.4. The molecule has 0 spiro atoms. The van der Waals surface area contributed by atoms with Gasteiger partial charge in [0.1, 0.15) is 11.2 Å². The van der Waals surface area contributed by atoms with Crippen LogP contribution < -0.4 is 4.90 Å². The fourth-order valence-corrected chi connectivity index (χ4v) is 9.37. The van der Waals surface area contributed by atoms with Crippen molar-refractivity contribution in [2.45, 2.75) is 0 Å². The zero-order valence-electron chi connectivity index (χ0n) is 34.4.